The molecule has 0 radical (unpaired) electrons. The number of hydrogen-bond donors (Lipinski definition) is 2. The number of aromatic nitrogens is 3. The van der Waals surface area contributed by atoms with Gasteiger partial charge in [-0.2, -0.15) is 5.10 Å². The Bertz CT molecular complexity index is 1550. The van der Waals surface area contributed by atoms with Crippen LogP contribution in [-0.4, -0.2) is 76.2 Å². The summed E-state index contributed by atoms with van der Waals surface area (Å²) >= 11 is 0. The number of ether oxygens (including phenoxy) is 1. The van der Waals surface area contributed by atoms with Crippen molar-refractivity contribution in [2.45, 2.75) is 13.3 Å². The molecule has 11 heteroatoms. The maximum Gasteiger partial charge on any atom is 0.246 e. The molecular weight excluding hydrogens is 506 g/mol. The highest BCUT2D eigenvalue weighted by Crippen LogP contribution is 2.31. The lowest BCUT2D eigenvalue weighted by molar-refractivity contribution is -0.522. The Morgan fingerprint density at radius 2 is 2.17 bits per heavy atom. The van der Waals surface area contributed by atoms with Crippen LogP contribution in [0.4, 0.5) is 5.69 Å². The van der Waals surface area contributed by atoms with Crippen molar-refractivity contribution < 1.29 is 14.8 Å². The van der Waals surface area contributed by atoms with Gasteiger partial charge in [-0.25, -0.2) is 19.5 Å². The Morgan fingerprint density at radius 3 is 2.98 bits per heavy atom. The smallest absolute Gasteiger partial charge is 0.246 e. The summed E-state index contributed by atoms with van der Waals surface area (Å²) < 4.78 is 7.78. The summed E-state index contributed by atoms with van der Waals surface area (Å²) in [4.78, 5) is 30.0. The number of pyridine rings is 1. The molecule has 0 spiro atoms. The molecule has 0 saturated carbocycles. The van der Waals surface area contributed by atoms with Crippen LogP contribution in [0, 0.1) is 12.8 Å². The van der Waals surface area contributed by atoms with Crippen LogP contribution < -0.4 is 15.8 Å². The van der Waals surface area contributed by atoms with Crippen LogP contribution in [-0.2, 0) is 4.79 Å². The van der Waals surface area contributed by atoms with Gasteiger partial charge in [-0.1, -0.05) is 6.08 Å². The fourth-order valence-corrected chi connectivity index (χ4v) is 4.83. The molecule has 4 N–H and O–H groups in total. The summed E-state index contributed by atoms with van der Waals surface area (Å²) in [6, 6.07) is 9.41. The van der Waals surface area contributed by atoms with Gasteiger partial charge in [0, 0.05) is 55.5 Å². The number of amides is 1. The summed E-state index contributed by atoms with van der Waals surface area (Å²) in [5.41, 5.74) is 10.1. The lowest BCUT2D eigenvalue weighted by Crippen LogP contribution is -2.76. The van der Waals surface area contributed by atoms with Crippen molar-refractivity contribution >= 4 is 29.4 Å². The number of hydrogen-bond acceptors (Lipinski definition) is 6. The van der Waals surface area contributed by atoms with Gasteiger partial charge in [0.25, 0.3) is 0 Å². The predicted octanol–water partition coefficient (Wildman–Crippen LogP) is 2.16. The fraction of sp³-hybridized carbons (Fsp3) is 0.276. The van der Waals surface area contributed by atoms with E-state index in [1.54, 1.807) is 10.6 Å². The SMILES string of the molecule is Cc1cc(N=C(N=CN)C2=C(C3CCN(C(=O)/C=C/CN(C)C)C3)C=C[NH2+]2)ccc1Oc1ccn2ncnc2c1. The molecule has 1 unspecified atom stereocenters. The Hall–Kier alpha value is -4.61. The number of quaternary nitrogens is 1. The zero-order chi connectivity index (χ0) is 28.1. The van der Waals surface area contributed by atoms with E-state index < -0.39 is 0 Å². The van der Waals surface area contributed by atoms with E-state index in [4.69, 9.17) is 15.5 Å². The second kappa shape index (κ2) is 12.1. The minimum absolute atomic E-state index is 0.0467. The number of likely N-dealkylation sites (N-methyl/N-ethyl adjacent to an activating group) is 1. The van der Waals surface area contributed by atoms with Crippen LogP contribution in [0.3, 0.4) is 0 Å². The number of allylic oxidation sites excluding steroid dienone is 1. The van der Waals surface area contributed by atoms with Gasteiger partial charge in [0.15, 0.2) is 11.3 Å². The highest BCUT2D eigenvalue weighted by molar-refractivity contribution is 6.03. The maximum absolute atomic E-state index is 12.7. The van der Waals surface area contributed by atoms with Crippen LogP contribution in [0.15, 0.2) is 88.5 Å². The monoisotopic (exact) mass is 540 g/mol. The summed E-state index contributed by atoms with van der Waals surface area (Å²) in [6.45, 7) is 4.09. The molecule has 0 bridgehead atoms. The fourth-order valence-electron chi connectivity index (χ4n) is 4.83. The summed E-state index contributed by atoms with van der Waals surface area (Å²) in [5.74, 6) is 2.17. The third-order valence-corrected chi connectivity index (χ3v) is 6.83. The van der Waals surface area contributed by atoms with Crippen molar-refractivity contribution in [3.05, 3.63) is 84.1 Å². The number of rotatable bonds is 8. The zero-order valence-electron chi connectivity index (χ0n) is 22.9. The molecule has 11 nitrogen and oxygen atoms in total. The molecule has 40 heavy (non-hydrogen) atoms. The van der Waals surface area contributed by atoms with E-state index in [-0.39, 0.29) is 11.8 Å². The van der Waals surface area contributed by atoms with Crippen LogP contribution in [0.25, 0.3) is 5.65 Å². The topological polar surface area (TPSA) is 130 Å². The molecule has 2 aromatic heterocycles. The standard InChI is InChI=1S/C29H33N9O2/c1-20-15-22(6-7-25(20)40-23-10-14-38-26(16-23)33-19-34-38)35-29(32-18-30)28-24(8-11-31-28)21-9-13-37(17-21)27(39)5-4-12-36(2)3/h4-8,10-11,14-16,18-19,21,31H,9,12-13,17H2,1-3H3,(H2,30,32,35)/p+1/b5-4+. The van der Waals surface area contributed by atoms with Crippen LogP contribution >= 0.6 is 0 Å². The summed E-state index contributed by atoms with van der Waals surface area (Å²) in [6.07, 6.45) is 13.1. The third-order valence-electron chi connectivity index (χ3n) is 6.83. The maximum atomic E-state index is 12.7. The first-order valence-electron chi connectivity index (χ1n) is 13.2. The van der Waals surface area contributed by atoms with Crippen molar-refractivity contribution in [1.82, 2.24) is 24.4 Å². The number of likely N-dealkylation sites (tertiary alicyclic amines) is 1. The van der Waals surface area contributed by atoms with Gasteiger partial charge < -0.3 is 20.3 Å². The molecular formula is C29H34N9O2+. The van der Waals surface area contributed by atoms with Gasteiger partial charge in [0.2, 0.25) is 11.7 Å². The van der Waals surface area contributed by atoms with E-state index in [0.717, 1.165) is 47.8 Å². The molecule has 4 heterocycles. The van der Waals surface area contributed by atoms with Crippen LogP contribution in [0.2, 0.25) is 0 Å². The predicted molar refractivity (Wildman–Crippen MR) is 154 cm³/mol. The number of nitrogens with zero attached hydrogens (tertiary/aromatic N) is 7. The average Bonchev–Trinajstić information content (AvgIpc) is 3.70. The Labute approximate surface area is 233 Å². The van der Waals surface area contributed by atoms with Crippen molar-refractivity contribution in [3.8, 4) is 11.5 Å². The highest BCUT2D eigenvalue weighted by Gasteiger charge is 2.33. The van der Waals surface area contributed by atoms with Gasteiger partial charge in [-0.3, -0.25) is 10.1 Å². The third kappa shape index (κ3) is 6.16. The minimum Gasteiger partial charge on any atom is -0.457 e. The normalized spacial score (nSPS) is 17.9. The van der Waals surface area contributed by atoms with E-state index in [1.165, 1.54) is 12.7 Å². The summed E-state index contributed by atoms with van der Waals surface area (Å²) in [7, 11) is 3.96. The first-order valence-corrected chi connectivity index (χ1v) is 13.2. The molecule has 0 aliphatic carbocycles. The van der Waals surface area contributed by atoms with Crippen LogP contribution in [0.1, 0.15) is 12.0 Å². The van der Waals surface area contributed by atoms with Gasteiger partial charge >= 0.3 is 0 Å². The van der Waals surface area contributed by atoms with E-state index >= 15 is 0 Å². The number of benzene rings is 1. The highest BCUT2D eigenvalue weighted by atomic mass is 16.5. The van der Waals surface area contributed by atoms with Gasteiger partial charge in [0.05, 0.1) is 18.2 Å². The molecule has 2 aliphatic rings. The number of carbonyl (C=O) groups excluding carboxylic acids is 1. The first-order chi connectivity index (χ1) is 19.4. The van der Waals surface area contributed by atoms with E-state index in [2.05, 4.69) is 21.2 Å². The first kappa shape index (κ1) is 27.0. The van der Waals surface area contributed by atoms with Crippen molar-refractivity contribution in [3.63, 3.8) is 0 Å². The van der Waals surface area contributed by atoms with E-state index in [0.29, 0.717) is 23.8 Å². The number of carbonyl (C=O) groups is 1. The molecule has 206 valence electrons. The Morgan fingerprint density at radius 1 is 1.30 bits per heavy atom. The quantitative estimate of drug-likeness (QED) is 0.256. The number of fused-ring (bicyclic) bond motifs is 1. The molecule has 1 aromatic carbocycles. The van der Waals surface area contributed by atoms with Gasteiger partial charge in [-0.05, 0) is 57.3 Å². The number of aryl methyl sites for hydroxylation is 1. The summed E-state index contributed by atoms with van der Waals surface area (Å²) in [5, 5.41) is 6.12. The van der Waals surface area contributed by atoms with Crippen molar-refractivity contribution in [1.29, 1.82) is 0 Å². The number of amidine groups is 1. The molecule has 2 aliphatic heterocycles. The second-order valence-corrected chi connectivity index (χ2v) is 10.0. The van der Waals surface area contributed by atoms with Gasteiger partial charge in [-0.15, -0.1) is 0 Å². The molecule has 3 aromatic rings. The largest absolute Gasteiger partial charge is 0.457 e. The molecule has 1 fully saturated rings. The molecule has 1 atom stereocenters. The number of nitrogens with two attached hydrogens (primary N) is 2. The average molecular weight is 541 g/mol. The molecule has 1 saturated heterocycles. The lowest BCUT2D eigenvalue weighted by Gasteiger charge is -2.15. The zero-order valence-corrected chi connectivity index (χ0v) is 22.9. The molecule has 5 rings (SSSR count). The number of aliphatic imine (C=N–C) groups is 2. The van der Waals surface area contributed by atoms with Gasteiger partial charge in [0.1, 0.15) is 17.8 Å². The minimum atomic E-state index is 0.0467. The Kier molecular flexibility index (Phi) is 8.13. The molecule has 1 amide bonds. The lowest BCUT2D eigenvalue weighted by atomic mass is 9.97. The van der Waals surface area contributed by atoms with E-state index in [9.17, 15) is 4.79 Å². The second-order valence-electron chi connectivity index (χ2n) is 10.0. The van der Waals surface area contributed by atoms with Crippen molar-refractivity contribution in [2.24, 2.45) is 21.6 Å². The van der Waals surface area contributed by atoms with Crippen molar-refractivity contribution in [2.75, 3.05) is 33.7 Å². The van der Waals surface area contributed by atoms with E-state index in [1.807, 2.05) is 84.9 Å². The Balaban J connectivity index is 1.33. The van der Waals surface area contributed by atoms with Crippen LogP contribution in [0.5, 0.6) is 11.5 Å².